The van der Waals surface area contributed by atoms with Crippen LogP contribution >= 0.6 is 0 Å². The Hall–Kier alpha value is -1.78. The van der Waals surface area contributed by atoms with Crippen molar-refractivity contribution in [3.8, 4) is 0 Å². The summed E-state index contributed by atoms with van der Waals surface area (Å²) in [6, 6.07) is 10.4. The predicted octanol–water partition coefficient (Wildman–Crippen LogP) is 2.22. The molecule has 0 bridgehead atoms. The number of hydrogen-bond acceptors (Lipinski definition) is 3. The third kappa shape index (κ3) is 4.43. The Bertz CT molecular complexity index is 505. The number of nitrogens with zero attached hydrogens (tertiary/aromatic N) is 2. The fourth-order valence-corrected chi connectivity index (χ4v) is 2.00. The molecule has 1 heterocycles. The second-order valence-corrected chi connectivity index (χ2v) is 4.43. The average Bonchev–Trinajstić information content (AvgIpc) is 2.40. The van der Waals surface area contributed by atoms with Gasteiger partial charge in [0.05, 0.1) is 6.61 Å². The van der Waals surface area contributed by atoms with E-state index < -0.39 is 0 Å². The lowest BCUT2D eigenvalue weighted by atomic mass is 10.2. The molecule has 4 heteroatoms. The molecule has 2 rings (SSSR count). The van der Waals surface area contributed by atoms with Crippen molar-refractivity contribution in [2.75, 3.05) is 13.2 Å². The highest BCUT2D eigenvalue weighted by Gasteiger charge is 2.07. The molecule has 2 aromatic rings. The van der Waals surface area contributed by atoms with E-state index >= 15 is 0 Å². The highest BCUT2D eigenvalue weighted by molar-refractivity contribution is 5.16. The fraction of sp³-hybridized carbons (Fsp3) is 0.267. The van der Waals surface area contributed by atoms with Gasteiger partial charge in [0.15, 0.2) is 0 Å². The van der Waals surface area contributed by atoms with Crippen LogP contribution in [0.25, 0.3) is 0 Å². The Morgan fingerprint density at radius 2 is 1.89 bits per heavy atom. The second kappa shape index (κ2) is 6.97. The van der Waals surface area contributed by atoms with Crippen LogP contribution in [-0.4, -0.2) is 28.1 Å². The van der Waals surface area contributed by atoms with Crippen LogP contribution in [0.5, 0.6) is 0 Å². The van der Waals surface area contributed by atoms with E-state index in [1.807, 2.05) is 18.2 Å². The summed E-state index contributed by atoms with van der Waals surface area (Å²) in [6.07, 6.45) is 3.53. The molecule has 0 saturated heterocycles. The molecule has 100 valence electrons. The first-order valence-electron chi connectivity index (χ1n) is 6.24. The zero-order valence-corrected chi connectivity index (χ0v) is 10.7. The third-order valence-electron chi connectivity index (χ3n) is 2.84. The van der Waals surface area contributed by atoms with Crippen molar-refractivity contribution in [2.45, 2.75) is 13.1 Å². The molecule has 3 nitrogen and oxygen atoms in total. The highest BCUT2D eigenvalue weighted by Crippen LogP contribution is 2.10. The van der Waals surface area contributed by atoms with E-state index in [2.05, 4.69) is 9.88 Å². The summed E-state index contributed by atoms with van der Waals surface area (Å²) in [5.41, 5.74) is 1.98. The first-order chi connectivity index (χ1) is 9.28. The topological polar surface area (TPSA) is 36.4 Å². The lowest BCUT2D eigenvalue weighted by molar-refractivity contribution is 0.184. The smallest absolute Gasteiger partial charge is 0.123 e. The fourth-order valence-electron chi connectivity index (χ4n) is 2.00. The number of aliphatic hydroxyl groups is 1. The zero-order valence-electron chi connectivity index (χ0n) is 10.7. The van der Waals surface area contributed by atoms with Gasteiger partial charge < -0.3 is 5.11 Å². The number of halogens is 1. The minimum atomic E-state index is -0.233. The zero-order chi connectivity index (χ0) is 13.5. The summed E-state index contributed by atoms with van der Waals surface area (Å²) in [4.78, 5) is 6.13. The van der Waals surface area contributed by atoms with Crippen molar-refractivity contribution in [3.63, 3.8) is 0 Å². The second-order valence-electron chi connectivity index (χ2n) is 4.43. The van der Waals surface area contributed by atoms with Crippen molar-refractivity contribution in [3.05, 3.63) is 65.7 Å². The largest absolute Gasteiger partial charge is 0.395 e. The summed E-state index contributed by atoms with van der Waals surface area (Å²) < 4.78 is 13.2. The molecule has 0 aliphatic carbocycles. The van der Waals surface area contributed by atoms with Crippen LogP contribution < -0.4 is 0 Å². The van der Waals surface area contributed by atoms with Crippen molar-refractivity contribution < 1.29 is 9.50 Å². The van der Waals surface area contributed by atoms with Crippen LogP contribution in [0.4, 0.5) is 4.39 Å². The number of pyridine rings is 1. The van der Waals surface area contributed by atoms with Gasteiger partial charge in [-0.15, -0.1) is 0 Å². The molecule has 0 radical (unpaired) electrons. The Kier molecular flexibility index (Phi) is 5.01. The summed E-state index contributed by atoms with van der Waals surface area (Å²) >= 11 is 0. The molecule has 0 fully saturated rings. The van der Waals surface area contributed by atoms with Crippen LogP contribution in [0.3, 0.4) is 0 Å². The molecule has 0 unspecified atom stereocenters. The van der Waals surface area contributed by atoms with Gasteiger partial charge in [-0.1, -0.05) is 18.2 Å². The standard InChI is InChI=1S/C15H17FN2O/c16-15-5-1-3-13(9-15)11-18(7-8-19)12-14-4-2-6-17-10-14/h1-6,9-10,19H,7-8,11-12H2. The number of rotatable bonds is 6. The van der Waals surface area contributed by atoms with Gasteiger partial charge in [-0.3, -0.25) is 9.88 Å². The van der Waals surface area contributed by atoms with E-state index in [-0.39, 0.29) is 12.4 Å². The lowest BCUT2D eigenvalue weighted by Gasteiger charge is -2.21. The first kappa shape index (κ1) is 13.6. The van der Waals surface area contributed by atoms with E-state index in [9.17, 15) is 4.39 Å². The van der Waals surface area contributed by atoms with Gasteiger partial charge in [0, 0.05) is 32.0 Å². The van der Waals surface area contributed by atoms with E-state index in [4.69, 9.17) is 5.11 Å². The molecular formula is C15H17FN2O. The van der Waals surface area contributed by atoms with Crippen LogP contribution in [0.2, 0.25) is 0 Å². The minimum Gasteiger partial charge on any atom is -0.395 e. The van der Waals surface area contributed by atoms with Crippen LogP contribution in [0.1, 0.15) is 11.1 Å². The molecule has 0 aliphatic heterocycles. The maximum Gasteiger partial charge on any atom is 0.123 e. The number of hydrogen-bond donors (Lipinski definition) is 1. The Balaban J connectivity index is 2.04. The third-order valence-corrected chi connectivity index (χ3v) is 2.84. The Labute approximate surface area is 112 Å². The maximum absolute atomic E-state index is 13.2. The first-order valence-corrected chi connectivity index (χ1v) is 6.24. The summed E-state index contributed by atoms with van der Waals surface area (Å²) in [7, 11) is 0. The van der Waals surface area contributed by atoms with Crippen LogP contribution in [-0.2, 0) is 13.1 Å². The van der Waals surface area contributed by atoms with Gasteiger partial charge >= 0.3 is 0 Å². The molecule has 1 aromatic heterocycles. The summed E-state index contributed by atoms with van der Waals surface area (Å²) in [6.45, 7) is 1.92. The normalized spacial score (nSPS) is 10.9. The van der Waals surface area contributed by atoms with Gasteiger partial charge in [0.25, 0.3) is 0 Å². The number of aliphatic hydroxyl groups excluding tert-OH is 1. The monoisotopic (exact) mass is 260 g/mol. The lowest BCUT2D eigenvalue weighted by Crippen LogP contribution is -2.26. The minimum absolute atomic E-state index is 0.0789. The highest BCUT2D eigenvalue weighted by atomic mass is 19.1. The van der Waals surface area contributed by atoms with Crippen molar-refractivity contribution in [2.24, 2.45) is 0 Å². The molecule has 0 spiro atoms. The van der Waals surface area contributed by atoms with Crippen LogP contribution in [0.15, 0.2) is 48.8 Å². The Morgan fingerprint density at radius 1 is 1.11 bits per heavy atom. The molecule has 19 heavy (non-hydrogen) atoms. The SMILES string of the molecule is OCCN(Cc1cccnc1)Cc1cccc(F)c1. The van der Waals surface area contributed by atoms with Crippen molar-refractivity contribution >= 4 is 0 Å². The summed E-state index contributed by atoms with van der Waals surface area (Å²) in [5, 5.41) is 9.12. The van der Waals surface area contributed by atoms with Gasteiger partial charge in [0.2, 0.25) is 0 Å². The molecule has 0 saturated carbocycles. The van der Waals surface area contributed by atoms with Crippen molar-refractivity contribution in [1.29, 1.82) is 0 Å². The van der Waals surface area contributed by atoms with Gasteiger partial charge in [-0.2, -0.15) is 0 Å². The van der Waals surface area contributed by atoms with Crippen LogP contribution in [0, 0.1) is 5.82 Å². The predicted molar refractivity (Wildman–Crippen MR) is 71.8 cm³/mol. The molecule has 0 amide bonds. The Morgan fingerprint density at radius 3 is 2.58 bits per heavy atom. The average molecular weight is 260 g/mol. The molecule has 1 N–H and O–H groups in total. The summed E-state index contributed by atoms with van der Waals surface area (Å²) in [5.74, 6) is -0.233. The molecule has 0 atom stereocenters. The van der Waals surface area contributed by atoms with Crippen molar-refractivity contribution in [1.82, 2.24) is 9.88 Å². The number of aromatic nitrogens is 1. The van der Waals surface area contributed by atoms with E-state index in [0.29, 0.717) is 19.6 Å². The van der Waals surface area contributed by atoms with Gasteiger partial charge in [-0.25, -0.2) is 4.39 Å². The van der Waals surface area contributed by atoms with E-state index in [0.717, 1.165) is 11.1 Å². The molecule has 1 aromatic carbocycles. The molecule has 0 aliphatic rings. The van der Waals surface area contributed by atoms with E-state index in [1.165, 1.54) is 12.1 Å². The quantitative estimate of drug-likeness (QED) is 0.865. The van der Waals surface area contributed by atoms with Gasteiger partial charge in [0.1, 0.15) is 5.82 Å². The van der Waals surface area contributed by atoms with Gasteiger partial charge in [-0.05, 0) is 29.3 Å². The molecular weight excluding hydrogens is 243 g/mol. The van der Waals surface area contributed by atoms with E-state index in [1.54, 1.807) is 18.5 Å². The number of benzene rings is 1. The maximum atomic E-state index is 13.2.